The Morgan fingerprint density at radius 1 is 0.407 bits per heavy atom. The minimum atomic E-state index is -4.20. The predicted octanol–water partition coefficient (Wildman–Crippen LogP) is 18.5. The lowest BCUT2D eigenvalue weighted by atomic mass is 10.0. The van der Waals surface area contributed by atoms with Crippen LogP contribution in [0, 0.1) is 18.6 Å². The molecule has 0 unspecified atom stereocenters. The van der Waals surface area contributed by atoms with Crippen LogP contribution in [0.3, 0.4) is 0 Å². The average Bonchev–Trinajstić information content (AvgIpc) is 0.851. The summed E-state index contributed by atoms with van der Waals surface area (Å²) in [7, 11) is 0. The Labute approximate surface area is 529 Å². The zero-order valence-corrected chi connectivity index (χ0v) is 52.3. The number of benzene rings is 5. The highest BCUT2D eigenvalue weighted by Crippen LogP contribution is 2.39. The molecular formula is C72H84F8O11. The third-order valence-electron chi connectivity index (χ3n) is 14.2. The summed E-state index contributed by atoms with van der Waals surface area (Å²) in [6.45, 7) is 19.7. The van der Waals surface area contributed by atoms with Gasteiger partial charge in [-0.05, 0) is 192 Å². The van der Waals surface area contributed by atoms with Gasteiger partial charge in [-0.25, -0.2) is 28.0 Å². The van der Waals surface area contributed by atoms with Gasteiger partial charge in [-0.2, -0.15) is 26.3 Å². The third kappa shape index (κ3) is 28.2. The maximum Gasteiger partial charge on any atom is 0.432 e. The Morgan fingerprint density at radius 3 is 1.11 bits per heavy atom. The van der Waals surface area contributed by atoms with Crippen LogP contribution in [0.2, 0.25) is 0 Å². The number of rotatable bonds is 41. The molecule has 19 heteroatoms. The largest absolute Gasteiger partial charge is 0.463 e. The molecule has 5 aromatic carbocycles. The van der Waals surface area contributed by atoms with E-state index in [4.69, 9.17) is 33.2 Å². The number of aryl methyl sites for hydroxylation is 5. The molecule has 0 saturated heterocycles. The lowest BCUT2D eigenvalue weighted by molar-refractivity contribution is -0.189. The van der Waals surface area contributed by atoms with Gasteiger partial charge in [-0.3, -0.25) is 0 Å². The molecular weight excluding hydrogens is 1190 g/mol. The fourth-order valence-corrected chi connectivity index (χ4v) is 9.08. The van der Waals surface area contributed by atoms with Gasteiger partial charge in [0.25, 0.3) is 0 Å². The summed E-state index contributed by atoms with van der Waals surface area (Å²) in [4.78, 5) is 44.7. The molecule has 0 aromatic heterocycles. The fourth-order valence-electron chi connectivity index (χ4n) is 9.08. The molecule has 494 valence electrons. The molecule has 0 aliphatic heterocycles. The minimum absolute atomic E-state index is 0.161. The maximum absolute atomic E-state index is 15.1. The fraction of sp³-hybridized carbons (Fsp3) is 0.417. The highest BCUT2D eigenvalue weighted by molar-refractivity contribution is 5.87. The zero-order chi connectivity index (χ0) is 66.8. The van der Waals surface area contributed by atoms with Crippen LogP contribution in [0.1, 0.15) is 161 Å². The van der Waals surface area contributed by atoms with Crippen molar-refractivity contribution in [2.24, 2.45) is 0 Å². The van der Waals surface area contributed by atoms with Crippen molar-refractivity contribution in [2.75, 3.05) is 26.4 Å². The summed E-state index contributed by atoms with van der Waals surface area (Å²) in [6.07, 6.45) is 6.02. The van der Waals surface area contributed by atoms with Crippen molar-refractivity contribution in [3.8, 4) is 17.2 Å². The van der Waals surface area contributed by atoms with Crippen LogP contribution in [0.4, 0.5) is 35.1 Å². The van der Waals surface area contributed by atoms with Crippen LogP contribution < -0.4 is 14.2 Å². The molecule has 0 N–H and O–H groups in total. The van der Waals surface area contributed by atoms with Crippen LogP contribution in [0.5, 0.6) is 17.2 Å². The first-order valence-corrected chi connectivity index (χ1v) is 30.6. The molecule has 0 amide bonds. The number of hydrogen-bond acceptors (Lipinski definition) is 11. The standard InChI is InChI=1S/C41H48F4O6.C31H36F4O5/c1-29(2)38(46)48-26-12-8-6-10-14-32-16-20-34(21-17-32)40(42,43)50-36-24-25-37(31(5)28-36)51-41(44,45)35-22-18-33(19-23-35)15-11-7-9-13-27-49-39(47)30(3)4;1-3-28(36)38-19-11-7-5-9-13-23-15-17-25(18-16-23)40-31(34,35)30-26(32)21-24(22-27(30)33)14-10-6-8-12-20-39-29(37)4-2/h16-25,28H,1,3,6-15,26-27H2,2,4-5H3;3-4,15-18,21-22H,1-2,5-14,19-20H2. The first kappa shape index (κ1) is 75.2. The van der Waals surface area contributed by atoms with Gasteiger partial charge in [-0.15, -0.1) is 0 Å². The van der Waals surface area contributed by atoms with E-state index in [1.54, 1.807) is 50.2 Å². The van der Waals surface area contributed by atoms with E-state index >= 15 is 17.6 Å². The van der Waals surface area contributed by atoms with E-state index in [2.05, 4.69) is 26.3 Å². The number of carbonyl (C=O) groups excluding carboxylic acids is 4. The molecule has 0 heterocycles. The van der Waals surface area contributed by atoms with E-state index in [0.29, 0.717) is 63.1 Å². The van der Waals surface area contributed by atoms with Crippen LogP contribution in [0.15, 0.2) is 153 Å². The molecule has 0 atom stereocenters. The topological polar surface area (TPSA) is 133 Å². The van der Waals surface area contributed by atoms with Gasteiger partial charge >= 0.3 is 42.2 Å². The lowest BCUT2D eigenvalue weighted by Crippen LogP contribution is -2.25. The Hall–Kier alpha value is -8.22. The van der Waals surface area contributed by atoms with Crippen molar-refractivity contribution in [1.82, 2.24) is 0 Å². The molecule has 5 rings (SSSR count). The second kappa shape index (κ2) is 39.1. The quantitative estimate of drug-likeness (QED) is 0.0122. The second-order valence-electron chi connectivity index (χ2n) is 22.0. The summed E-state index contributed by atoms with van der Waals surface area (Å²) in [5, 5.41) is 0. The second-order valence-corrected chi connectivity index (χ2v) is 22.0. The SMILES string of the molecule is C=C(C)C(=O)OCCCCCCc1ccc(C(F)(F)Oc2ccc(OC(F)(F)c3ccc(CCCCCCOC(=O)C(=C)C)cc3)c(C)c2)cc1.C=CC(=O)OCCCCCCc1ccc(OC(F)(F)c2c(F)cc(CCCCCCOC(=O)C=C)cc2F)cc1. The molecule has 0 radical (unpaired) electrons. The number of alkyl halides is 6. The predicted molar refractivity (Wildman–Crippen MR) is 333 cm³/mol. The number of ether oxygens (including phenoxy) is 7. The number of esters is 4. The Kier molecular flexibility index (Phi) is 32.4. The van der Waals surface area contributed by atoms with E-state index in [-0.39, 0.29) is 46.1 Å². The first-order valence-electron chi connectivity index (χ1n) is 30.6. The first-order chi connectivity index (χ1) is 43.3. The highest BCUT2D eigenvalue weighted by Gasteiger charge is 2.41. The van der Waals surface area contributed by atoms with Crippen LogP contribution >= 0.6 is 0 Å². The zero-order valence-electron chi connectivity index (χ0n) is 52.3. The normalized spacial score (nSPS) is 11.3. The smallest absolute Gasteiger partial charge is 0.432 e. The van der Waals surface area contributed by atoms with Gasteiger partial charge in [0, 0.05) is 23.3 Å². The van der Waals surface area contributed by atoms with E-state index in [1.807, 2.05) is 0 Å². The average molecular weight is 1280 g/mol. The monoisotopic (exact) mass is 1280 g/mol. The number of unbranched alkanes of at least 4 members (excludes halogenated alkanes) is 12. The van der Waals surface area contributed by atoms with Crippen LogP contribution in [0.25, 0.3) is 0 Å². The Balaban J connectivity index is 0.000000400. The molecule has 11 nitrogen and oxygen atoms in total. The van der Waals surface area contributed by atoms with Gasteiger partial charge < -0.3 is 33.2 Å². The van der Waals surface area contributed by atoms with Crippen LogP contribution in [-0.2, 0) is 82.1 Å². The van der Waals surface area contributed by atoms with Crippen molar-refractivity contribution in [3.05, 3.63) is 209 Å². The number of halogens is 8. The Bertz CT molecular complexity index is 3100. The summed E-state index contributed by atoms with van der Waals surface area (Å²) in [6, 6.07) is 23.2. The van der Waals surface area contributed by atoms with E-state index in [9.17, 15) is 36.7 Å². The van der Waals surface area contributed by atoms with Crippen molar-refractivity contribution < 1.29 is 87.5 Å². The van der Waals surface area contributed by atoms with Crippen LogP contribution in [-0.4, -0.2) is 50.3 Å². The molecule has 0 fully saturated rings. The molecule has 0 bridgehead atoms. The molecule has 0 aliphatic rings. The van der Waals surface area contributed by atoms with E-state index in [1.165, 1.54) is 61.5 Å². The van der Waals surface area contributed by atoms with Crippen molar-refractivity contribution in [1.29, 1.82) is 0 Å². The van der Waals surface area contributed by atoms with E-state index in [0.717, 1.165) is 137 Å². The number of hydrogen-bond donors (Lipinski definition) is 0. The maximum atomic E-state index is 15.1. The van der Waals surface area contributed by atoms with Crippen molar-refractivity contribution >= 4 is 23.9 Å². The summed E-state index contributed by atoms with van der Waals surface area (Å²) in [5.74, 6) is -5.02. The Morgan fingerprint density at radius 2 is 0.736 bits per heavy atom. The molecule has 0 saturated carbocycles. The highest BCUT2D eigenvalue weighted by atomic mass is 19.3. The molecule has 91 heavy (non-hydrogen) atoms. The van der Waals surface area contributed by atoms with Gasteiger partial charge in [0.15, 0.2) is 0 Å². The van der Waals surface area contributed by atoms with Crippen molar-refractivity contribution in [3.63, 3.8) is 0 Å². The van der Waals surface area contributed by atoms with Gasteiger partial charge in [0.05, 0.1) is 37.6 Å². The van der Waals surface area contributed by atoms with E-state index < -0.39 is 59.4 Å². The summed E-state index contributed by atoms with van der Waals surface area (Å²) < 4.78 is 154. The lowest BCUT2D eigenvalue weighted by Gasteiger charge is -2.22. The van der Waals surface area contributed by atoms with Gasteiger partial charge in [0.1, 0.15) is 34.4 Å². The number of carbonyl (C=O) groups is 4. The molecule has 0 spiro atoms. The summed E-state index contributed by atoms with van der Waals surface area (Å²) in [5.41, 5.74) is 1.85. The summed E-state index contributed by atoms with van der Waals surface area (Å²) >= 11 is 0. The van der Waals surface area contributed by atoms with Gasteiger partial charge in [-0.1, -0.05) is 114 Å². The third-order valence-corrected chi connectivity index (χ3v) is 14.2. The minimum Gasteiger partial charge on any atom is -0.463 e. The molecule has 5 aromatic rings. The molecule has 0 aliphatic carbocycles. The van der Waals surface area contributed by atoms with Gasteiger partial charge in [0.2, 0.25) is 0 Å². The van der Waals surface area contributed by atoms with Crippen molar-refractivity contribution in [2.45, 2.75) is 168 Å².